The minimum absolute atomic E-state index is 0.374. The molecule has 1 aliphatic rings. The molecule has 0 aromatic heterocycles. The molecule has 1 unspecified atom stereocenters. The number of carbonyl (C=O) groups is 2. The minimum Gasteiger partial charge on any atom is -0.467 e. The zero-order chi connectivity index (χ0) is 10.1. The molecule has 4 nitrogen and oxygen atoms in total. The summed E-state index contributed by atoms with van der Waals surface area (Å²) in [7, 11) is -0.243. The summed E-state index contributed by atoms with van der Waals surface area (Å²) in [5.41, 5.74) is 0. The monoisotopic (exact) mass is 222 g/mol. The van der Waals surface area contributed by atoms with Crippen LogP contribution in [0, 0.1) is 0 Å². The maximum Gasteiger partial charge on any atom is 0.342 e. The third kappa shape index (κ3) is 1.52. The molecule has 0 bridgehead atoms. The fourth-order valence-electron chi connectivity index (χ4n) is 1.16. The Kier molecular flexibility index (Phi) is 3.13. The Morgan fingerprint density at radius 1 is 1.54 bits per heavy atom. The van der Waals surface area contributed by atoms with Gasteiger partial charge in [-0.2, -0.15) is 0 Å². The Labute approximate surface area is 82.9 Å². The van der Waals surface area contributed by atoms with E-state index in [1.54, 1.807) is 0 Å². The quantitative estimate of drug-likeness (QED) is 0.484. The van der Waals surface area contributed by atoms with Gasteiger partial charge < -0.3 is 4.74 Å². The maximum atomic E-state index is 11.5. The predicted octanol–water partition coefficient (Wildman–Crippen LogP) is -0.0598. The number of hydrogen-bond donors (Lipinski definition) is 0. The van der Waals surface area contributed by atoms with E-state index in [9.17, 15) is 13.8 Å². The SMILES string of the molecule is COC(=O)[C@]1(C(C)=O)SCCS1=O. The van der Waals surface area contributed by atoms with Crippen molar-refractivity contribution in [1.82, 2.24) is 0 Å². The fourth-order valence-corrected chi connectivity index (χ4v) is 4.70. The van der Waals surface area contributed by atoms with Crippen molar-refractivity contribution in [3.63, 3.8) is 0 Å². The highest BCUT2D eigenvalue weighted by Gasteiger charge is 2.54. The molecule has 74 valence electrons. The van der Waals surface area contributed by atoms with Gasteiger partial charge in [0, 0.05) is 11.5 Å². The molecule has 0 spiro atoms. The van der Waals surface area contributed by atoms with E-state index in [-0.39, 0.29) is 5.78 Å². The average Bonchev–Trinajstić information content (AvgIpc) is 2.47. The molecule has 0 saturated carbocycles. The van der Waals surface area contributed by atoms with E-state index in [0.29, 0.717) is 11.5 Å². The highest BCUT2D eigenvalue weighted by Crippen LogP contribution is 2.37. The molecule has 1 saturated heterocycles. The highest BCUT2D eigenvalue weighted by molar-refractivity contribution is 8.17. The van der Waals surface area contributed by atoms with Crippen LogP contribution in [0.4, 0.5) is 0 Å². The van der Waals surface area contributed by atoms with Crippen LogP contribution in [0.15, 0.2) is 0 Å². The van der Waals surface area contributed by atoms with Gasteiger partial charge in [0.25, 0.3) is 0 Å². The van der Waals surface area contributed by atoms with Crippen molar-refractivity contribution in [3.8, 4) is 0 Å². The lowest BCUT2D eigenvalue weighted by Crippen LogP contribution is -2.44. The standard InChI is InChI=1S/C7H10O4S2/c1-5(8)7(6(9)11-2)12-3-4-13(7)10/h3-4H2,1-2H3/t7-,13?/m1/s1. The number of ether oxygens (including phenoxy) is 1. The van der Waals surface area contributed by atoms with Crippen molar-refractivity contribution in [2.75, 3.05) is 18.6 Å². The molecular formula is C7H10O4S2. The number of Topliss-reactive ketones (excluding diaryl/α,β-unsaturated/α-hetero) is 1. The van der Waals surface area contributed by atoms with Crippen LogP contribution in [0.2, 0.25) is 0 Å². The summed E-state index contributed by atoms with van der Waals surface area (Å²) in [5.74, 6) is -0.151. The molecule has 0 aromatic rings. The second kappa shape index (κ2) is 3.79. The first-order chi connectivity index (χ1) is 6.05. The molecule has 1 fully saturated rings. The van der Waals surface area contributed by atoms with Gasteiger partial charge in [0.2, 0.25) is 4.08 Å². The zero-order valence-corrected chi connectivity index (χ0v) is 9.00. The Balaban J connectivity index is 3.08. The van der Waals surface area contributed by atoms with Crippen LogP contribution in [0.1, 0.15) is 6.92 Å². The summed E-state index contributed by atoms with van der Waals surface area (Å²) in [6, 6.07) is 0. The molecule has 1 heterocycles. The predicted molar refractivity (Wildman–Crippen MR) is 50.9 cm³/mol. The van der Waals surface area contributed by atoms with Crippen molar-refractivity contribution < 1.29 is 18.5 Å². The van der Waals surface area contributed by atoms with Gasteiger partial charge in [-0.3, -0.25) is 9.00 Å². The first-order valence-electron chi connectivity index (χ1n) is 3.67. The van der Waals surface area contributed by atoms with Crippen LogP contribution in [0.5, 0.6) is 0 Å². The van der Waals surface area contributed by atoms with E-state index >= 15 is 0 Å². The molecular weight excluding hydrogens is 212 g/mol. The lowest BCUT2D eigenvalue weighted by Gasteiger charge is -2.19. The maximum absolute atomic E-state index is 11.5. The molecule has 0 radical (unpaired) electrons. The number of methoxy groups -OCH3 is 1. The van der Waals surface area contributed by atoms with Crippen molar-refractivity contribution >= 4 is 34.3 Å². The van der Waals surface area contributed by atoms with Gasteiger partial charge in [0.15, 0.2) is 5.78 Å². The van der Waals surface area contributed by atoms with Crippen LogP contribution >= 0.6 is 11.8 Å². The van der Waals surface area contributed by atoms with Crippen molar-refractivity contribution in [2.45, 2.75) is 11.0 Å². The zero-order valence-electron chi connectivity index (χ0n) is 7.36. The van der Waals surface area contributed by atoms with Gasteiger partial charge in [-0.15, -0.1) is 11.8 Å². The molecule has 0 N–H and O–H groups in total. The lowest BCUT2D eigenvalue weighted by molar-refractivity contribution is -0.143. The van der Waals surface area contributed by atoms with Crippen molar-refractivity contribution in [3.05, 3.63) is 0 Å². The van der Waals surface area contributed by atoms with Gasteiger partial charge in [-0.1, -0.05) is 0 Å². The molecule has 2 atom stereocenters. The smallest absolute Gasteiger partial charge is 0.342 e. The second-order valence-electron chi connectivity index (χ2n) is 2.56. The van der Waals surface area contributed by atoms with E-state index in [1.807, 2.05) is 0 Å². The lowest BCUT2D eigenvalue weighted by atomic mass is 10.3. The normalized spacial score (nSPS) is 32.9. The molecule has 6 heteroatoms. The summed E-state index contributed by atoms with van der Waals surface area (Å²) >= 11 is 1.11. The fraction of sp³-hybridized carbons (Fsp3) is 0.714. The van der Waals surface area contributed by atoms with Crippen LogP contribution in [-0.2, 0) is 25.1 Å². The molecule has 13 heavy (non-hydrogen) atoms. The van der Waals surface area contributed by atoms with Gasteiger partial charge in [-0.25, -0.2) is 4.79 Å². The van der Waals surface area contributed by atoms with Crippen LogP contribution in [0.3, 0.4) is 0 Å². The third-order valence-electron chi connectivity index (χ3n) is 1.81. The molecule has 0 aromatic carbocycles. The number of rotatable bonds is 2. The van der Waals surface area contributed by atoms with Gasteiger partial charge in [0.05, 0.1) is 17.9 Å². The minimum atomic E-state index is -1.45. The van der Waals surface area contributed by atoms with E-state index < -0.39 is 20.8 Å². The van der Waals surface area contributed by atoms with Gasteiger partial charge in [-0.05, 0) is 6.92 Å². The summed E-state index contributed by atoms with van der Waals surface area (Å²) in [6.45, 7) is 1.27. The topological polar surface area (TPSA) is 60.4 Å². The molecule has 0 aliphatic carbocycles. The number of ketones is 1. The number of carbonyl (C=O) groups excluding carboxylic acids is 2. The van der Waals surface area contributed by atoms with Crippen molar-refractivity contribution in [2.24, 2.45) is 0 Å². The Bertz CT molecular complexity index is 276. The Morgan fingerprint density at radius 2 is 2.15 bits per heavy atom. The van der Waals surface area contributed by atoms with Crippen LogP contribution in [0.25, 0.3) is 0 Å². The van der Waals surface area contributed by atoms with E-state index in [1.165, 1.54) is 14.0 Å². The Hall–Kier alpha value is -0.360. The average molecular weight is 222 g/mol. The largest absolute Gasteiger partial charge is 0.467 e. The molecule has 1 rings (SSSR count). The van der Waals surface area contributed by atoms with E-state index in [4.69, 9.17) is 0 Å². The first-order valence-corrected chi connectivity index (χ1v) is 5.98. The third-order valence-corrected chi connectivity index (χ3v) is 5.92. The van der Waals surface area contributed by atoms with Gasteiger partial charge in [0.1, 0.15) is 0 Å². The second-order valence-corrected chi connectivity index (χ2v) is 5.84. The number of hydrogen-bond acceptors (Lipinski definition) is 5. The van der Waals surface area contributed by atoms with Crippen LogP contribution in [-0.4, -0.2) is 38.7 Å². The van der Waals surface area contributed by atoms with Crippen LogP contribution < -0.4 is 0 Å². The van der Waals surface area contributed by atoms with E-state index in [2.05, 4.69) is 4.74 Å². The van der Waals surface area contributed by atoms with Gasteiger partial charge >= 0.3 is 5.97 Å². The highest BCUT2D eigenvalue weighted by atomic mass is 32.2. The number of esters is 1. The summed E-state index contributed by atoms with van der Waals surface area (Å²) in [5, 5.41) is 0. The van der Waals surface area contributed by atoms with E-state index in [0.717, 1.165) is 11.8 Å². The first kappa shape index (κ1) is 10.7. The van der Waals surface area contributed by atoms with Crippen molar-refractivity contribution in [1.29, 1.82) is 0 Å². The summed E-state index contributed by atoms with van der Waals surface area (Å²) < 4.78 is 14.6. The molecule has 1 aliphatic heterocycles. The molecule has 0 amide bonds. The Morgan fingerprint density at radius 3 is 2.46 bits per heavy atom. The number of thioether (sulfide) groups is 1. The summed E-state index contributed by atoms with van der Waals surface area (Å²) in [6.07, 6.45) is 0. The summed E-state index contributed by atoms with van der Waals surface area (Å²) in [4.78, 5) is 22.6.